The summed E-state index contributed by atoms with van der Waals surface area (Å²) in [5.74, 6) is 0.706. The first kappa shape index (κ1) is 9.11. The summed E-state index contributed by atoms with van der Waals surface area (Å²) in [7, 11) is 0.653. The molecule has 0 aliphatic carbocycles. The predicted molar refractivity (Wildman–Crippen MR) is 45.6 cm³/mol. The quantitative estimate of drug-likeness (QED) is 0.640. The van der Waals surface area contributed by atoms with Crippen molar-refractivity contribution in [2.24, 2.45) is 5.92 Å². The fourth-order valence-electron chi connectivity index (χ4n) is 1.49. The normalized spacial score (nSPS) is 22.6. The molecule has 0 aromatic heterocycles. The van der Waals surface area contributed by atoms with Gasteiger partial charge in [-0.25, -0.2) is 4.67 Å². The standard InChI is InChI=1S/C7H15N2OP/c8-11-9-4-1-7(2-5-9)3-6-10/h7-8,10H,1-6H2. The maximum Gasteiger partial charge on any atom is 0.0902 e. The van der Waals surface area contributed by atoms with Crippen molar-refractivity contribution in [1.82, 2.24) is 4.67 Å². The minimum atomic E-state index is 0.323. The number of piperidine rings is 1. The van der Waals surface area contributed by atoms with Crippen LogP contribution in [0.1, 0.15) is 19.3 Å². The molecule has 4 heteroatoms. The molecule has 0 unspecified atom stereocenters. The minimum Gasteiger partial charge on any atom is -0.396 e. The molecular weight excluding hydrogens is 159 g/mol. The highest BCUT2D eigenvalue weighted by molar-refractivity contribution is 7.22. The van der Waals surface area contributed by atoms with Gasteiger partial charge in [0.25, 0.3) is 0 Å². The number of hydrogen-bond donors (Lipinski definition) is 2. The molecule has 0 radical (unpaired) electrons. The van der Waals surface area contributed by atoms with Crippen LogP contribution in [-0.4, -0.2) is 29.5 Å². The van der Waals surface area contributed by atoms with Crippen LogP contribution >= 0.6 is 8.52 Å². The van der Waals surface area contributed by atoms with Crippen LogP contribution in [0.3, 0.4) is 0 Å². The van der Waals surface area contributed by atoms with Gasteiger partial charge in [0.2, 0.25) is 0 Å². The Morgan fingerprint density at radius 1 is 1.45 bits per heavy atom. The molecule has 0 saturated carbocycles. The number of nitrogens with zero attached hydrogens (tertiary/aromatic N) is 1. The van der Waals surface area contributed by atoms with Gasteiger partial charge in [-0.2, -0.15) is 0 Å². The zero-order chi connectivity index (χ0) is 8.10. The summed E-state index contributed by atoms with van der Waals surface area (Å²) >= 11 is 0. The molecule has 0 amide bonds. The van der Waals surface area contributed by atoms with Crippen molar-refractivity contribution in [3.05, 3.63) is 0 Å². The molecule has 1 aliphatic heterocycles. The molecule has 0 atom stereocenters. The fourth-order valence-corrected chi connectivity index (χ4v) is 1.92. The molecule has 11 heavy (non-hydrogen) atoms. The van der Waals surface area contributed by atoms with Gasteiger partial charge >= 0.3 is 0 Å². The van der Waals surface area contributed by atoms with E-state index in [1.807, 2.05) is 0 Å². The Balaban J connectivity index is 2.18. The molecule has 3 nitrogen and oxygen atoms in total. The van der Waals surface area contributed by atoms with Crippen LogP contribution in [0.15, 0.2) is 0 Å². The summed E-state index contributed by atoms with van der Waals surface area (Å²) in [6.07, 6.45) is 3.27. The lowest BCUT2D eigenvalue weighted by molar-refractivity contribution is 0.212. The topological polar surface area (TPSA) is 47.3 Å². The highest BCUT2D eigenvalue weighted by Gasteiger charge is 2.17. The molecular formula is C7H15N2OP. The van der Waals surface area contributed by atoms with Crippen molar-refractivity contribution >= 4 is 8.52 Å². The lowest BCUT2D eigenvalue weighted by Gasteiger charge is -2.27. The van der Waals surface area contributed by atoms with E-state index in [1.165, 1.54) is 0 Å². The Morgan fingerprint density at radius 3 is 2.55 bits per heavy atom. The van der Waals surface area contributed by atoms with Gasteiger partial charge in [0.1, 0.15) is 0 Å². The molecule has 2 N–H and O–H groups in total. The molecule has 1 fully saturated rings. The SMILES string of the molecule is N=PN1CCC(CCO)CC1. The van der Waals surface area contributed by atoms with E-state index in [1.54, 1.807) is 0 Å². The van der Waals surface area contributed by atoms with Gasteiger partial charge in [-0.15, -0.1) is 0 Å². The van der Waals surface area contributed by atoms with Crippen LogP contribution in [-0.2, 0) is 0 Å². The summed E-state index contributed by atoms with van der Waals surface area (Å²) in [6, 6.07) is 0. The van der Waals surface area contributed by atoms with Crippen LogP contribution in [0.25, 0.3) is 0 Å². The fraction of sp³-hybridized carbons (Fsp3) is 1.00. The zero-order valence-corrected chi connectivity index (χ0v) is 7.56. The van der Waals surface area contributed by atoms with E-state index in [2.05, 4.69) is 4.67 Å². The Bertz CT molecular complexity index is 124. The van der Waals surface area contributed by atoms with E-state index >= 15 is 0 Å². The highest BCUT2D eigenvalue weighted by Crippen LogP contribution is 2.23. The van der Waals surface area contributed by atoms with Crippen molar-refractivity contribution in [3.63, 3.8) is 0 Å². The molecule has 1 rings (SSSR count). The number of nitrogens with one attached hydrogen (secondary N) is 1. The Labute approximate surface area is 69.1 Å². The lowest BCUT2D eigenvalue weighted by Crippen LogP contribution is -2.26. The van der Waals surface area contributed by atoms with Crippen LogP contribution in [0.5, 0.6) is 0 Å². The van der Waals surface area contributed by atoms with Gasteiger partial charge in [-0.1, -0.05) is 0 Å². The van der Waals surface area contributed by atoms with Gasteiger partial charge in [0, 0.05) is 19.7 Å². The zero-order valence-electron chi connectivity index (χ0n) is 6.66. The summed E-state index contributed by atoms with van der Waals surface area (Å²) in [5, 5.41) is 15.8. The van der Waals surface area contributed by atoms with E-state index in [9.17, 15) is 0 Å². The second-order valence-corrected chi connectivity index (χ2v) is 3.78. The van der Waals surface area contributed by atoms with E-state index in [0.717, 1.165) is 32.4 Å². The van der Waals surface area contributed by atoms with Gasteiger partial charge < -0.3 is 5.11 Å². The Morgan fingerprint density at radius 2 is 2.09 bits per heavy atom. The Hall–Kier alpha value is 0.0200. The van der Waals surface area contributed by atoms with E-state index in [-0.39, 0.29) is 0 Å². The first-order valence-electron chi connectivity index (χ1n) is 4.10. The molecule has 1 aliphatic rings. The minimum absolute atomic E-state index is 0.323. The number of aliphatic hydroxyl groups excluding tert-OH is 1. The van der Waals surface area contributed by atoms with Crippen molar-refractivity contribution in [2.45, 2.75) is 19.3 Å². The second kappa shape index (κ2) is 4.81. The van der Waals surface area contributed by atoms with E-state index < -0.39 is 0 Å². The van der Waals surface area contributed by atoms with E-state index in [4.69, 9.17) is 10.3 Å². The van der Waals surface area contributed by atoms with Crippen LogP contribution in [0.2, 0.25) is 0 Å². The molecule has 64 valence electrons. The summed E-state index contributed by atoms with van der Waals surface area (Å²) in [5.41, 5.74) is 0. The van der Waals surface area contributed by atoms with Crippen molar-refractivity contribution in [1.29, 1.82) is 5.16 Å². The van der Waals surface area contributed by atoms with Crippen molar-refractivity contribution in [2.75, 3.05) is 19.7 Å². The van der Waals surface area contributed by atoms with E-state index in [0.29, 0.717) is 21.0 Å². The molecule has 1 saturated heterocycles. The van der Waals surface area contributed by atoms with Crippen LogP contribution < -0.4 is 0 Å². The van der Waals surface area contributed by atoms with Crippen LogP contribution in [0.4, 0.5) is 0 Å². The molecule has 0 aromatic rings. The average molecular weight is 174 g/mol. The van der Waals surface area contributed by atoms with Gasteiger partial charge in [0.15, 0.2) is 0 Å². The summed E-state index contributed by atoms with van der Waals surface area (Å²) < 4.78 is 2.12. The highest BCUT2D eigenvalue weighted by atomic mass is 31.1. The average Bonchev–Trinajstić information content (AvgIpc) is 2.07. The summed E-state index contributed by atoms with van der Waals surface area (Å²) in [4.78, 5) is 0. The maximum absolute atomic E-state index is 8.69. The lowest BCUT2D eigenvalue weighted by atomic mass is 9.95. The Kier molecular flexibility index (Phi) is 3.98. The third-order valence-corrected chi connectivity index (χ3v) is 2.95. The first-order valence-corrected chi connectivity index (χ1v) is 4.94. The van der Waals surface area contributed by atoms with Crippen LogP contribution in [0, 0.1) is 11.1 Å². The third kappa shape index (κ3) is 2.86. The maximum atomic E-state index is 8.69. The van der Waals surface area contributed by atoms with Gasteiger partial charge in [-0.05, 0) is 25.2 Å². The van der Waals surface area contributed by atoms with Gasteiger partial charge in [-0.3, -0.25) is 5.16 Å². The summed E-state index contributed by atoms with van der Waals surface area (Å²) in [6.45, 7) is 2.40. The molecule has 0 bridgehead atoms. The third-order valence-electron chi connectivity index (χ3n) is 2.27. The van der Waals surface area contributed by atoms with Crippen molar-refractivity contribution < 1.29 is 5.11 Å². The smallest absolute Gasteiger partial charge is 0.0902 e. The molecule has 1 heterocycles. The number of aliphatic hydroxyl groups is 1. The monoisotopic (exact) mass is 174 g/mol. The molecule has 0 aromatic carbocycles. The van der Waals surface area contributed by atoms with Crippen molar-refractivity contribution in [3.8, 4) is 0 Å². The first-order chi connectivity index (χ1) is 5.36. The predicted octanol–water partition coefficient (Wildman–Crippen LogP) is 1.70. The largest absolute Gasteiger partial charge is 0.396 e. The number of hydrogen-bond acceptors (Lipinski definition) is 2. The van der Waals surface area contributed by atoms with Gasteiger partial charge in [0.05, 0.1) is 8.52 Å². The second-order valence-electron chi connectivity index (χ2n) is 3.01. The molecule has 0 spiro atoms. The number of rotatable bonds is 3.